The van der Waals surface area contributed by atoms with Crippen molar-refractivity contribution < 1.29 is 14.6 Å². The molecule has 0 fully saturated rings. The van der Waals surface area contributed by atoms with Gasteiger partial charge in [0.2, 0.25) is 0 Å². The van der Waals surface area contributed by atoms with Crippen molar-refractivity contribution >= 4 is 5.97 Å². The molecule has 0 saturated heterocycles. The summed E-state index contributed by atoms with van der Waals surface area (Å²) in [6, 6.07) is 0. The molecule has 0 aliphatic heterocycles. The SMILES string of the molecule is COC(=O)C[C@H](O)CN. The zero-order valence-electron chi connectivity index (χ0n) is 5.33. The average molecular weight is 133 g/mol. The van der Waals surface area contributed by atoms with Crippen LogP contribution in [0.15, 0.2) is 0 Å². The molecule has 9 heavy (non-hydrogen) atoms. The maximum Gasteiger partial charge on any atom is 0.308 e. The molecule has 0 radical (unpaired) electrons. The number of hydrogen-bond donors (Lipinski definition) is 2. The van der Waals surface area contributed by atoms with E-state index in [0.29, 0.717) is 0 Å². The lowest BCUT2D eigenvalue weighted by molar-refractivity contribution is -0.142. The van der Waals surface area contributed by atoms with Crippen molar-refractivity contribution in [2.45, 2.75) is 12.5 Å². The largest absolute Gasteiger partial charge is 0.469 e. The Kier molecular flexibility index (Phi) is 4.00. The van der Waals surface area contributed by atoms with E-state index >= 15 is 0 Å². The molecule has 0 bridgehead atoms. The van der Waals surface area contributed by atoms with E-state index in [2.05, 4.69) is 4.74 Å². The highest BCUT2D eigenvalue weighted by molar-refractivity contribution is 5.69. The molecule has 0 unspecified atom stereocenters. The summed E-state index contributed by atoms with van der Waals surface area (Å²) < 4.78 is 4.27. The first kappa shape index (κ1) is 8.39. The number of esters is 1. The molecule has 3 N–H and O–H groups in total. The van der Waals surface area contributed by atoms with Gasteiger partial charge < -0.3 is 15.6 Å². The van der Waals surface area contributed by atoms with Gasteiger partial charge in [-0.25, -0.2) is 0 Å². The van der Waals surface area contributed by atoms with E-state index in [1.807, 2.05) is 0 Å². The van der Waals surface area contributed by atoms with Crippen LogP contribution < -0.4 is 5.73 Å². The van der Waals surface area contributed by atoms with E-state index in [-0.39, 0.29) is 13.0 Å². The van der Waals surface area contributed by atoms with Crippen LogP contribution in [-0.4, -0.2) is 30.8 Å². The number of aliphatic hydroxyl groups is 1. The first-order valence-electron chi connectivity index (χ1n) is 2.65. The van der Waals surface area contributed by atoms with Gasteiger partial charge in [0.25, 0.3) is 0 Å². The van der Waals surface area contributed by atoms with Crippen LogP contribution in [0.1, 0.15) is 6.42 Å². The van der Waals surface area contributed by atoms with Crippen molar-refractivity contribution in [1.82, 2.24) is 0 Å². The highest BCUT2D eigenvalue weighted by atomic mass is 16.5. The smallest absolute Gasteiger partial charge is 0.308 e. The number of carbonyl (C=O) groups is 1. The summed E-state index contributed by atoms with van der Waals surface area (Å²) in [7, 11) is 1.27. The molecular formula is C5H11NO3. The second kappa shape index (κ2) is 4.29. The molecule has 0 rings (SSSR count). The fourth-order valence-corrected chi connectivity index (χ4v) is 0.359. The van der Waals surface area contributed by atoms with Crippen LogP contribution in [-0.2, 0) is 9.53 Å². The lowest BCUT2D eigenvalue weighted by atomic mass is 10.2. The molecule has 0 spiro atoms. The molecule has 0 aromatic heterocycles. The predicted octanol–water partition coefficient (Wildman–Crippen LogP) is -1.13. The van der Waals surface area contributed by atoms with Crippen molar-refractivity contribution in [3.63, 3.8) is 0 Å². The van der Waals surface area contributed by atoms with Crippen LogP contribution in [0.2, 0.25) is 0 Å². The molecule has 0 saturated carbocycles. The molecule has 0 aliphatic carbocycles. The van der Waals surface area contributed by atoms with E-state index in [1.54, 1.807) is 0 Å². The molecule has 4 heteroatoms. The van der Waals surface area contributed by atoms with Crippen LogP contribution in [0, 0.1) is 0 Å². The monoisotopic (exact) mass is 133 g/mol. The fraction of sp³-hybridized carbons (Fsp3) is 0.800. The minimum Gasteiger partial charge on any atom is -0.469 e. The van der Waals surface area contributed by atoms with Crippen molar-refractivity contribution in [2.24, 2.45) is 5.73 Å². The minimum absolute atomic E-state index is 0.0208. The van der Waals surface area contributed by atoms with Gasteiger partial charge in [0.1, 0.15) is 0 Å². The Balaban J connectivity index is 3.34. The molecule has 0 heterocycles. The second-order valence-corrected chi connectivity index (χ2v) is 1.67. The lowest BCUT2D eigenvalue weighted by Crippen LogP contribution is -2.23. The number of hydrogen-bond acceptors (Lipinski definition) is 4. The Hall–Kier alpha value is -0.610. The maximum absolute atomic E-state index is 10.3. The fourth-order valence-electron chi connectivity index (χ4n) is 0.359. The second-order valence-electron chi connectivity index (χ2n) is 1.67. The van der Waals surface area contributed by atoms with Crippen LogP contribution >= 0.6 is 0 Å². The summed E-state index contributed by atoms with van der Waals surface area (Å²) in [4.78, 5) is 10.3. The standard InChI is InChI=1S/C5H11NO3/c1-9-5(8)2-4(7)3-6/h4,7H,2-3,6H2,1H3/t4-/m0/s1. The van der Waals surface area contributed by atoms with Crippen LogP contribution in [0.5, 0.6) is 0 Å². The summed E-state index contributed by atoms with van der Waals surface area (Å²) in [6.07, 6.45) is -0.787. The topological polar surface area (TPSA) is 72.5 Å². The number of rotatable bonds is 3. The van der Waals surface area contributed by atoms with E-state index in [9.17, 15) is 4.79 Å². The quantitative estimate of drug-likeness (QED) is 0.478. The van der Waals surface area contributed by atoms with Gasteiger partial charge in [-0.2, -0.15) is 0 Å². The van der Waals surface area contributed by atoms with E-state index < -0.39 is 12.1 Å². The Bertz CT molecular complexity index is 94.2. The van der Waals surface area contributed by atoms with Crippen molar-refractivity contribution in [2.75, 3.05) is 13.7 Å². The Labute approximate surface area is 53.6 Å². The zero-order valence-corrected chi connectivity index (χ0v) is 5.33. The van der Waals surface area contributed by atoms with Crippen molar-refractivity contribution in [3.05, 3.63) is 0 Å². The highest BCUT2D eigenvalue weighted by Gasteiger charge is 2.07. The number of aliphatic hydroxyl groups excluding tert-OH is 1. The van der Waals surface area contributed by atoms with Crippen LogP contribution in [0.25, 0.3) is 0 Å². The highest BCUT2D eigenvalue weighted by Crippen LogP contribution is 1.89. The van der Waals surface area contributed by atoms with Crippen LogP contribution in [0.3, 0.4) is 0 Å². The third-order valence-electron chi connectivity index (χ3n) is 0.902. The molecule has 54 valence electrons. The maximum atomic E-state index is 10.3. The molecule has 0 aromatic carbocycles. The van der Waals surface area contributed by atoms with Gasteiger partial charge in [-0.1, -0.05) is 0 Å². The van der Waals surface area contributed by atoms with Gasteiger partial charge in [-0.05, 0) is 0 Å². The average Bonchev–Trinajstić information content (AvgIpc) is 1.87. The Morgan fingerprint density at radius 2 is 2.44 bits per heavy atom. The van der Waals surface area contributed by atoms with E-state index in [0.717, 1.165) is 0 Å². The normalized spacial score (nSPS) is 12.8. The predicted molar refractivity (Wildman–Crippen MR) is 31.7 cm³/mol. The molecule has 4 nitrogen and oxygen atoms in total. The lowest BCUT2D eigenvalue weighted by Gasteiger charge is -2.03. The Morgan fingerprint density at radius 3 is 2.78 bits per heavy atom. The number of methoxy groups -OCH3 is 1. The van der Waals surface area contributed by atoms with Gasteiger partial charge in [0.05, 0.1) is 19.6 Å². The van der Waals surface area contributed by atoms with Gasteiger partial charge in [-0.15, -0.1) is 0 Å². The van der Waals surface area contributed by atoms with E-state index in [1.165, 1.54) is 7.11 Å². The molecule has 0 aliphatic rings. The van der Waals surface area contributed by atoms with Crippen LogP contribution in [0.4, 0.5) is 0 Å². The zero-order chi connectivity index (χ0) is 7.28. The number of ether oxygens (including phenoxy) is 1. The van der Waals surface area contributed by atoms with Gasteiger partial charge in [0, 0.05) is 6.54 Å². The molecule has 0 aromatic rings. The third-order valence-corrected chi connectivity index (χ3v) is 0.902. The number of carbonyl (C=O) groups excluding carboxylic acids is 1. The van der Waals surface area contributed by atoms with E-state index in [4.69, 9.17) is 10.8 Å². The summed E-state index contributed by atoms with van der Waals surface area (Å²) in [5, 5.41) is 8.73. The first-order valence-corrected chi connectivity index (χ1v) is 2.65. The first-order chi connectivity index (χ1) is 4.20. The molecular weight excluding hydrogens is 122 g/mol. The van der Waals surface area contributed by atoms with Gasteiger partial charge >= 0.3 is 5.97 Å². The number of nitrogens with two attached hydrogens (primary N) is 1. The Morgan fingerprint density at radius 1 is 1.89 bits per heavy atom. The molecule has 0 amide bonds. The summed E-state index contributed by atoms with van der Waals surface area (Å²) in [6.45, 7) is 0.0924. The third kappa shape index (κ3) is 3.93. The van der Waals surface area contributed by atoms with Crippen molar-refractivity contribution in [3.8, 4) is 0 Å². The summed E-state index contributed by atoms with van der Waals surface area (Å²) in [5.41, 5.74) is 5.02. The summed E-state index contributed by atoms with van der Waals surface area (Å²) in [5.74, 6) is -0.437. The van der Waals surface area contributed by atoms with Gasteiger partial charge in [0.15, 0.2) is 0 Å². The summed E-state index contributed by atoms with van der Waals surface area (Å²) >= 11 is 0. The molecule has 1 atom stereocenters. The van der Waals surface area contributed by atoms with Gasteiger partial charge in [-0.3, -0.25) is 4.79 Å². The van der Waals surface area contributed by atoms with Crippen molar-refractivity contribution in [1.29, 1.82) is 0 Å². The minimum atomic E-state index is -0.766.